The van der Waals surface area contributed by atoms with Gasteiger partial charge in [0.1, 0.15) is 5.69 Å². The minimum atomic E-state index is -0.416. The third kappa shape index (κ3) is 4.78. The first-order valence-corrected chi connectivity index (χ1v) is 12.1. The van der Waals surface area contributed by atoms with Crippen LogP contribution in [0.2, 0.25) is 10.0 Å². The maximum atomic E-state index is 13.7. The predicted octanol–water partition coefficient (Wildman–Crippen LogP) is 5.72. The van der Waals surface area contributed by atoms with Crippen molar-refractivity contribution in [3.63, 3.8) is 0 Å². The Morgan fingerprint density at radius 3 is 2.25 bits per heavy atom. The Labute approximate surface area is 217 Å². The molecule has 0 radical (unpaired) electrons. The number of anilines is 1. The minimum absolute atomic E-state index is 0.0520. The fourth-order valence-electron chi connectivity index (χ4n) is 4.25. The molecule has 1 aromatic heterocycles. The molecule has 0 spiro atoms. The maximum Gasteiger partial charge on any atom is 0.272 e. The summed E-state index contributed by atoms with van der Waals surface area (Å²) in [7, 11) is 0. The lowest BCUT2D eigenvalue weighted by Gasteiger charge is -2.36. The Hall–Kier alpha value is -3.88. The number of nitro groups is 1. The van der Waals surface area contributed by atoms with Crippen LogP contribution in [0.4, 0.5) is 11.4 Å². The van der Waals surface area contributed by atoms with Crippen molar-refractivity contribution in [2.75, 3.05) is 31.1 Å². The number of benzene rings is 3. The zero-order valence-corrected chi connectivity index (χ0v) is 20.6. The molecule has 10 heteroatoms. The molecule has 4 aromatic rings. The fraction of sp³-hybridized carbons (Fsp3) is 0.154. The van der Waals surface area contributed by atoms with Gasteiger partial charge in [0.05, 0.1) is 21.3 Å². The average molecular weight is 522 g/mol. The number of hydrogen-bond donors (Lipinski definition) is 0. The van der Waals surface area contributed by atoms with Crippen LogP contribution in [0.5, 0.6) is 0 Å². The van der Waals surface area contributed by atoms with Gasteiger partial charge in [-0.3, -0.25) is 14.9 Å². The molecule has 8 nitrogen and oxygen atoms in total. The quantitative estimate of drug-likeness (QED) is 0.247. The Morgan fingerprint density at radius 1 is 0.861 bits per heavy atom. The summed E-state index contributed by atoms with van der Waals surface area (Å²) in [6.07, 6.45) is 0. The normalized spacial score (nSPS) is 13.6. The highest BCUT2D eigenvalue weighted by atomic mass is 35.5. The van der Waals surface area contributed by atoms with Crippen molar-refractivity contribution in [1.29, 1.82) is 0 Å². The first-order valence-electron chi connectivity index (χ1n) is 11.3. The monoisotopic (exact) mass is 521 g/mol. The second-order valence-corrected chi connectivity index (χ2v) is 9.18. The van der Waals surface area contributed by atoms with E-state index in [-0.39, 0.29) is 11.6 Å². The number of nitro benzene ring substituents is 1. The van der Waals surface area contributed by atoms with Gasteiger partial charge in [0.15, 0.2) is 0 Å². The van der Waals surface area contributed by atoms with E-state index in [1.165, 1.54) is 12.1 Å². The predicted molar refractivity (Wildman–Crippen MR) is 140 cm³/mol. The van der Waals surface area contributed by atoms with Gasteiger partial charge in [0, 0.05) is 54.6 Å². The largest absolute Gasteiger partial charge is 0.368 e. The topological polar surface area (TPSA) is 84.5 Å². The third-order valence-corrected chi connectivity index (χ3v) is 6.69. The average Bonchev–Trinajstić information content (AvgIpc) is 3.34. The van der Waals surface area contributed by atoms with Gasteiger partial charge in [-0.15, -0.1) is 0 Å². The van der Waals surface area contributed by atoms with Crippen LogP contribution >= 0.6 is 23.2 Å². The van der Waals surface area contributed by atoms with Gasteiger partial charge >= 0.3 is 0 Å². The maximum absolute atomic E-state index is 13.7. The molecular weight excluding hydrogens is 501 g/mol. The van der Waals surface area contributed by atoms with Gasteiger partial charge in [-0.25, -0.2) is 4.68 Å². The summed E-state index contributed by atoms with van der Waals surface area (Å²) in [6, 6.07) is 22.8. The van der Waals surface area contributed by atoms with Crippen LogP contribution in [-0.4, -0.2) is 51.7 Å². The molecule has 182 valence electrons. The van der Waals surface area contributed by atoms with Crippen LogP contribution in [0.25, 0.3) is 16.9 Å². The van der Waals surface area contributed by atoms with Crippen molar-refractivity contribution < 1.29 is 9.72 Å². The molecule has 0 bridgehead atoms. The second kappa shape index (κ2) is 10.0. The Morgan fingerprint density at radius 2 is 1.58 bits per heavy atom. The number of halogens is 2. The smallest absolute Gasteiger partial charge is 0.272 e. The summed E-state index contributed by atoms with van der Waals surface area (Å²) in [5, 5.41) is 16.7. The number of carbonyl (C=O) groups excluding carboxylic acids is 1. The van der Waals surface area contributed by atoms with E-state index >= 15 is 0 Å². The molecule has 2 heterocycles. The van der Waals surface area contributed by atoms with E-state index in [2.05, 4.69) is 4.90 Å². The highest BCUT2D eigenvalue weighted by molar-refractivity contribution is 6.33. The molecule has 0 unspecified atom stereocenters. The van der Waals surface area contributed by atoms with Crippen molar-refractivity contribution in [3.8, 4) is 16.9 Å². The molecule has 1 saturated heterocycles. The van der Waals surface area contributed by atoms with E-state index in [1.807, 2.05) is 30.3 Å². The van der Waals surface area contributed by atoms with E-state index in [0.29, 0.717) is 53.3 Å². The summed E-state index contributed by atoms with van der Waals surface area (Å²) in [6.45, 7) is 2.20. The number of rotatable bonds is 5. The molecule has 0 aliphatic carbocycles. The highest BCUT2D eigenvalue weighted by Crippen LogP contribution is 2.29. The van der Waals surface area contributed by atoms with Crippen LogP contribution in [0, 0.1) is 10.1 Å². The number of hydrogen-bond acceptors (Lipinski definition) is 5. The Kier molecular flexibility index (Phi) is 6.63. The van der Waals surface area contributed by atoms with Gasteiger partial charge in [-0.05, 0) is 42.5 Å². The van der Waals surface area contributed by atoms with Crippen molar-refractivity contribution in [2.45, 2.75) is 0 Å². The number of aromatic nitrogens is 2. The number of piperazine rings is 1. The van der Waals surface area contributed by atoms with E-state index in [9.17, 15) is 14.9 Å². The number of nitrogens with zero attached hydrogens (tertiary/aromatic N) is 5. The standard InChI is InChI=1S/C26H21Cl2N5O3/c27-18-4-3-5-21(16-18)32-25(17-24(29-32)22-6-1-2-7-23(22)28)26(34)31-14-12-30(13-15-31)19-8-10-20(11-9-19)33(35)36/h1-11,16-17H,12-15H2. The molecule has 5 rings (SSSR count). The molecule has 3 aromatic carbocycles. The first-order chi connectivity index (χ1) is 17.4. The second-order valence-electron chi connectivity index (χ2n) is 8.34. The summed E-state index contributed by atoms with van der Waals surface area (Å²) < 4.78 is 1.61. The lowest BCUT2D eigenvalue weighted by Crippen LogP contribution is -2.49. The molecule has 1 fully saturated rings. The molecule has 1 aliphatic rings. The van der Waals surface area contributed by atoms with Crippen molar-refractivity contribution >= 4 is 40.5 Å². The zero-order valence-electron chi connectivity index (χ0n) is 19.1. The van der Waals surface area contributed by atoms with Gasteiger partial charge in [0.25, 0.3) is 11.6 Å². The number of non-ortho nitro benzene ring substituents is 1. The molecular formula is C26H21Cl2N5O3. The molecule has 1 aliphatic heterocycles. The van der Waals surface area contributed by atoms with Crippen molar-refractivity contribution in [2.24, 2.45) is 0 Å². The van der Waals surface area contributed by atoms with E-state index in [4.69, 9.17) is 28.3 Å². The van der Waals surface area contributed by atoms with Crippen LogP contribution in [0.3, 0.4) is 0 Å². The Balaban J connectivity index is 1.41. The fourth-order valence-corrected chi connectivity index (χ4v) is 4.67. The molecule has 0 N–H and O–H groups in total. The summed E-state index contributed by atoms with van der Waals surface area (Å²) in [5.74, 6) is -0.149. The lowest BCUT2D eigenvalue weighted by atomic mass is 10.1. The summed E-state index contributed by atoms with van der Waals surface area (Å²) in [5.41, 5.74) is 3.35. The summed E-state index contributed by atoms with van der Waals surface area (Å²) >= 11 is 12.6. The first kappa shape index (κ1) is 23.8. The van der Waals surface area contributed by atoms with E-state index < -0.39 is 4.92 Å². The minimum Gasteiger partial charge on any atom is -0.368 e. The van der Waals surface area contributed by atoms with E-state index in [1.54, 1.807) is 46.0 Å². The molecule has 1 amide bonds. The summed E-state index contributed by atoms with van der Waals surface area (Å²) in [4.78, 5) is 28.1. The third-order valence-electron chi connectivity index (χ3n) is 6.12. The lowest BCUT2D eigenvalue weighted by molar-refractivity contribution is -0.384. The van der Waals surface area contributed by atoms with Gasteiger partial charge in [-0.2, -0.15) is 5.10 Å². The van der Waals surface area contributed by atoms with Gasteiger partial charge < -0.3 is 9.80 Å². The van der Waals surface area contributed by atoms with Crippen LogP contribution in [0.1, 0.15) is 10.5 Å². The molecule has 0 saturated carbocycles. The van der Waals surface area contributed by atoms with Gasteiger partial charge in [0.2, 0.25) is 0 Å². The van der Waals surface area contributed by atoms with Crippen molar-refractivity contribution in [1.82, 2.24) is 14.7 Å². The number of carbonyl (C=O) groups is 1. The van der Waals surface area contributed by atoms with Crippen molar-refractivity contribution in [3.05, 3.63) is 105 Å². The highest BCUT2D eigenvalue weighted by Gasteiger charge is 2.27. The van der Waals surface area contributed by atoms with Crippen LogP contribution in [0.15, 0.2) is 78.9 Å². The SMILES string of the molecule is O=C(c1cc(-c2ccccc2Cl)nn1-c1cccc(Cl)c1)N1CCN(c2ccc([N+](=O)[O-])cc2)CC1. The van der Waals surface area contributed by atoms with Gasteiger partial charge in [-0.1, -0.05) is 47.5 Å². The van der Waals surface area contributed by atoms with Crippen LogP contribution < -0.4 is 4.90 Å². The Bertz CT molecular complexity index is 1430. The number of amides is 1. The van der Waals surface area contributed by atoms with E-state index in [0.717, 1.165) is 11.3 Å². The molecule has 0 atom stereocenters. The molecule has 36 heavy (non-hydrogen) atoms. The van der Waals surface area contributed by atoms with Crippen LogP contribution in [-0.2, 0) is 0 Å². The zero-order chi connectivity index (χ0) is 25.2.